The number of hydrogen-bond donors (Lipinski definition) is 1. The molecule has 0 fully saturated rings. The van der Waals surface area contributed by atoms with Gasteiger partial charge in [0.15, 0.2) is 0 Å². The van der Waals surface area contributed by atoms with Gasteiger partial charge in [-0.1, -0.05) is 23.9 Å². The Hall–Kier alpha value is -1.77. The Morgan fingerprint density at radius 3 is 2.36 bits per heavy atom. The number of rotatable bonds is 3. The van der Waals surface area contributed by atoms with E-state index in [1.165, 1.54) is 0 Å². The zero-order valence-corrected chi connectivity index (χ0v) is 8.32. The maximum absolute atomic E-state index is 8.57. The summed E-state index contributed by atoms with van der Waals surface area (Å²) in [6, 6.07) is 7.42. The van der Waals surface area contributed by atoms with Crippen molar-refractivity contribution in [3.63, 3.8) is 0 Å². The number of ether oxygens (including phenoxy) is 1. The first-order valence-corrected chi connectivity index (χ1v) is 4.21. The van der Waals surface area contributed by atoms with Crippen molar-refractivity contribution in [2.75, 3.05) is 7.11 Å². The molecule has 0 amide bonds. The lowest BCUT2D eigenvalue weighted by Crippen LogP contribution is -1.95. The van der Waals surface area contributed by atoms with E-state index < -0.39 is 0 Å². The Kier molecular flexibility index (Phi) is 3.29. The zero-order chi connectivity index (χ0) is 10.6. The van der Waals surface area contributed by atoms with E-state index in [0.717, 1.165) is 11.3 Å². The normalized spacial score (nSPS) is 11.1. The van der Waals surface area contributed by atoms with Gasteiger partial charge >= 0.3 is 0 Å². The fourth-order valence-corrected chi connectivity index (χ4v) is 1.06. The average molecular weight is 191 g/mol. The van der Waals surface area contributed by atoms with Crippen molar-refractivity contribution in [1.29, 1.82) is 0 Å². The van der Waals surface area contributed by atoms with Gasteiger partial charge in [0.1, 0.15) is 5.75 Å². The molecule has 74 valence electrons. The first-order chi connectivity index (χ1) is 6.69. The molecule has 1 rings (SSSR count). The molecule has 0 atom stereocenters. The van der Waals surface area contributed by atoms with Crippen LogP contribution in [0.1, 0.15) is 12.5 Å². The van der Waals surface area contributed by atoms with Gasteiger partial charge in [0.05, 0.1) is 12.8 Å². The van der Waals surface area contributed by atoms with Crippen LogP contribution in [0.15, 0.2) is 36.0 Å². The van der Waals surface area contributed by atoms with Crippen LogP contribution in [0, 0.1) is 0 Å². The number of oxime groups is 1. The van der Waals surface area contributed by atoms with Crippen LogP contribution in [0.4, 0.5) is 0 Å². The molecule has 3 nitrogen and oxygen atoms in total. The van der Waals surface area contributed by atoms with Gasteiger partial charge in [-0.15, -0.1) is 0 Å². The van der Waals surface area contributed by atoms with Crippen molar-refractivity contribution in [3.8, 4) is 5.75 Å². The van der Waals surface area contributed by atoms with Crippen LogP contribution < -0.4 is 4.74 Å². The summed E-state index contributed by atoms with van der Waals surface area (Å²) >= 11 is 0. The maximum atomic E-state index is 8.57. The van der Waals surface area contributed by atoms with Gasteiger partial charge in [-0.25, -0.2) is 0 Å². The molecule has 0 heterocycles. The van der Waals surface area contributed by atoms with E-state index in [4.69, 9.17) is 9.94 Å². The maximum Gasteiger partial charge on any atom is 0.118 e. The predicted molar refractivity (Wildman–Crippen MR) is 56.9 cm³/mol. The molecule has 1 N–H and O–H groups in total. The predicted octanol–water partition coefficient (Wildman–Crippen LogP) is 2.56. The third kappa shape index (κ3) is 2.13. The fraction of sp³-hybridized carbons (Fsp3) is 0.182. The highest BCUT2D eigenvalue weighted by atomic mass is 16.5. The molecular weight excluding hydrogens is 178 g/mol. The van der Waals surface area contributed by atoms with E-state index >= 15 is 0 Å². The van der Waals surface area contributed by atoms with Gasteiger partial charge in [0.2, 0.25) is 0 Å². The minimum atomic E-state index is 0.509. The molecule has 1 aromatic rings. The first-order valence-electron chi connectivity index (χ1n) is 4.21. The Morgan fingerprint density at radius 2 is 1.93 bits per heavy atom. The van der Waals surface area contributed by atoms with Gasteiger partial charge in [-0.3, -0.25) is 0 Å². The topological polar surface area (TPSA) is 41.8 Å². The molecule has 0 radical (unpaired) electrons. The fourth-order valence-electron chi connectivity index (χ4n) is 1.06. The van der Waals surface area contributed by atoms with E-state index in [9.17, 15) is 0 Å². The van der Waals surface area contributed by atoms with Crippen LogP contribution in [-0.4, -0.2) is 18.0 Å². The van der Waals surface area contributed by atoms with Gasteiger partial charge in [-0.05, 0) is 30.2 Å². The van der Waals surface area contributed by atoms with Gasteiger partial charge < -0.3 is 9.94 Å². The molecule has 0 aliphatic heterocycles. The average Bonchev–Trinajstić information content (AvgIpc) is 2.27. The summed E-state index contributed by atoms with van der Waals surface area (Å²) < 4.78 is 5.03. The van der Waals surface area contributed by atoms with Crippen molar-refractivity contribution in [1.82, 2.24) is 0 Å². The molecule has 14 heavy (non-hydrogen) atoms. The van der Waals surface area contributed by atoms with E-state index in [-0.39, 0.29) is 0 Å². The van der Waals surface area contributed by atoms with Crippen molar-refractivity contribution >= 4 is 11.3 Å². The van der Waals surface area contributed by atoms with E-state index in [1.807, 2.05) is 24.3 Å². The van der Waals surface area contributed by atoms with Crippen LogP contribution in [0.5, 0.6) is 5.75 Å². The lowest BCUT2D eigenvalue weighted by atomic mass is 10.0. The summed E-state index contributed by atoms with van der Waals surface area (Å²) in [7, 11) is 1.62. The molecule has 0 aromatic heterocycles. The SMILES string of the molecule is C=C(/C(C)=N/O)c1ccc(OC)cc1. The van der Waals surface area contributed by atoms with Gasteiger partial charge in [0, 0.05) is 0 Å². The lowest BCUT2D eigenvalue weighted by molar-refractivity contribution is 0.319. The number of nitrogens with zero attached hydrogens (tertiary/aromatic N) is 1. The molecule has 0 aliphatic rings. The zero-order valence-electron chi connectivity index (χ0n) is 8.32. The monoisotopic (exact) mass is 191 g/mol. The summed E-state index contributed by atoms with van der Waals surface area (Å²) in [5.74, 6) is 0.792. The third-order valence-corrected chi connectivity index (χ3v) is 2.03. The highest BCUT2D eigenvalue weighted by Crippen LogP contribution is 2.18. The summed E-state index contributed by atoms with van der Waals surface area (Å²) in [5, 5.41) is 11.7. The lowest BCUT2D eigenvalue weighted by Gasteiger charge is -2.05. The second kappa shape index (κ2) is 4.46. The van der Waals surface area contributed by atoms with Gasteiger partial charge in [-0.2, -0.15) is 0 Å². The number of allylic oxidation sites excluding steroid dienone is 1. The molecule has 3 heteroatoms. The molecule has 0 aliphatic carbocycles. The Bertz CT molecular complexity index is 352. The van der Waals surface area contributed by atoms with Crippen LogP contribution >= 0.6 is 0 Å². The Morgan fingerprint density at radius 1 is 1.36 bits per heavy atom. The first kappa shape index (κ1) is 10.3. The van der Waals surface area contributed by atoms with E-state index in [2.05, 4.69) is 11.7 Å². The summed E-state index contributed by atoms with van der Waals surface area (Å²) in [6.45, 7) is 5.52. The standard InChI is InChI=1S/C11H13NO2/c1-8(9(2)12-13)10-4-6-11(14-3)7-5-10/h4-7,13H,1H2,2-3H3/b12-9+. The summed E-state index contributed by atoms with van der Waals surface area (Å²) in [5.41, 5.74) is 2.13. The van der Waals surface area contributed by atoms with Gasteiger partial charge in [0.25, 0.3) is 0 Å². The number of methoxy groups -OCH3 is 1. The molecule has 0 unspecified atom stereocenters. The Labute approximate surface area is 83.3 Å². The number of hydrogen-bond acceptors (Lipinski definition) is 3. The third-order valence-electron chi connectivity index (χ3n) is 2.03. The smallest absolute Gasteiger partial charge is 0.118 e. The van der Waals surface area contributed by atoms with Crippen molar-refractivity contribution in [2.45, 2.75) is 6.92 Å². The van der Waals surface area contributed by atoms with Crippen LogP contribution in [0.25, 0.3) is 5.57 Å². The van der Waals surface area contributed by atoms with E-state index in [0.29, 0.717) is 11.3 Å². The molecular formula is C11H13NO2. The van der Waals surface area contributed by atoms with Crippen molar-refractivity contribution in [3.05, 3.63) is 36.4 Å². The van der Waals surface area contributed by atoms with Crippen LogP contribution in [-0.2, 0) is 0 Å². The van der Waals surface area contributed by atoms with Crippen molar-refractivity contribution < 1.29 is 9.94 Å². The van der Waals surface area contributed by atoms with Crippen LogP contribution in [0.2, 0.25) is 0 Å². The number of benzene rings is 1. The van der Waals surface area contributed by atoms with Crippen molar-refractivity contribution in [2.24, 2.45) is 5.16 Å². The highest BCUT2D eigenvalue weighted by Gasteiger charge is 2.02. The molecule has 0 spiro atoms. The quantitative estimate of drug-likeness (QED) is 0.453. The molecule has 1 aromatic carbocycles. The highest BCUT2D eigenvalue weighted by molar-refractivity contribution is 6.21. The minimum Gasteiger partial charge on any atom is -0.497 e. The molecule has 0 saturated carbocycles. The molecule has 0 saturated heterocycles. The summed E-state index contributed by atoms with van der Waals surface area (Å²) in [4.78, 5) is 0. The van der Waals surface area contributed by atoms with Crippen LogP contribution in [0.3, 0.4) is 0 Å². The van der Waals surface area contributed by atoms with E-state index in [1.54, 1.807) is 14.0 Å². The second-order valence-electron chi connectivity index (χ2n) is 2.89. The second-order valence-corrected chi connectivity index (χ2v) is 2.89. The molecule has 0 bridgehead atoms. The largest absolute Gasteiger partial charge is 0.497 e. The summed E-state index contributed by atoms with van der Waals surface area (Å²) in [6.07, 6.45) is 0. The minimum absolute atomic E-state index is 0.509. The Balaban J connectivity index is 2.92.